The number of urea groups is 1. The van der Waals surface area contributed by atoms with Crippen molar-refractivity contribution in [2.45, 2.75) is 25.3 Å². The Morgan fingerprint density at radius 3 is 2.57 bits per heavy atom. The van der Waals surface area contributed by atoms with Crippen molar-refractivity contribution in [1.29, 1.82) is 0 Å². The van der Waals surface area contributed by atoms with Crippen LogP contribution in [-0.2, 0) is 34.8 Å². The number of imidazole rings is 1. The first-order chi connectivity index (χ1) is 16.7. The number of methoxy groups -OCH3 is 1. The van der Waals surface area contributed by atoms with Gasteiger partial charge in [0.1, 0.15) is 17.9 Å². The number of ether oxygens (including phenoxy) is 1. The number of imide groups is 1. The first-order valence-corrected chi connectivity index (χ1v) is 11.6. The highest BCUT2D eigenvalue weighted by Gasteiger charge is 2.52. The van der Waals surface area contributed by atoms with Crippen LogP contribution >= 0.6 is 11.6 Å². The summed E-state index contributed by atoms with van der Waals surface area (Å²) in [5.74, 6) is -2.69. The van der Waals surface area contributed by atoms with Crippen LogP contribution in [0.25, 0.3) is 11.0 Å². The molecule has 1 aliphatic carbocycles. The van der Waals surface area contributed by atoms with E-state index in [9.17, 15) is 19.2 Å². The maximum absolute atomic E-state index is 13.8. The molecule has 2 aliphatic rings. The second-order valence-electron chi connectivity index (χ2n) is 8.80. The molecule has 3 aromatic rings. The van der Waals surface area contributed by atoms with E-state index in [0.29, 0.717) is 28.2 Å². The molecule has 2 atom stereocenters. The van der Waals surface area contributed by atoms with Gasteiger partial charge in [0.2, 0.25) is 5.92 Å². The fourth-order valence-electron chi connectivity index (χ4n) is 5.10. The van der Waals surface area contributed by atoms with Crippen LogP contribution in [0.5, 0.6) is 0 Å². The molecule has 3 amide bonds. The number of esters is 1. The highest BCUT2D eigenvalue weighted by atomic mass is 35.5. The number of fused-ring (bicyclic) bond motifs is 2. The van der Waals surface area contributed by atoms with Crippen molar-refractivity contribution in [3.8, 4) is 0 Å². The number of aromatic nitrogens is 2. The van der Waals surface area contributed by atoms with E-state index < -0.39 is 29.9 Å². The van der Waals surface area contributed by atoms with Gasteiger partial charge >= 0.3 is 23.6 Å². The Morgan fingerprint density at radius 1 is 1.09 bits per heavy atom. The number of halogens is 1. The Kier molecular flexibility index (Phi) is 5.59. The molecule has 180 valence electrons. The summed E-state index contributed by atoms with van der Waals surface area (Å²) in [5.41, 5.74) is 3.24. The number of hydrogen-bond donors (Lipinski definition) is 0. The molecule has 2 aromatic carbocycles. The van der Waals surface area contributed by atoms with Crippen molar-refractivity contribution in [2.75, 3.05) is 7.11 Å². The van der Waals surface area contributed by atoms with Crippen LogP contribution < -0.4 is 5.69 Å². The lowest BCUT2D eigenvalue weighted by Crippen LogP contribution is -2.54. The maximum Gasteiger partial charge on any atom is 0.506 e. The maximum atomic E-state index is 13.8. The Labute approximate surface area is 205 Å². The lowest BCUT2D eigenvalue weighted by atomic mass is 9.86. The summed E-state index contributed by atoms with van der Waals surface area (Å²) in [4.78, 5) is 53.4. The SMILES string of the molecule is COC(=O)C1C=[N+](c2ccc3c(c2)n(C)c(=O)n3C)C(=O)N([C@H]2CCCc3c(Cl)cccc32)C1=O. The fourth-order valence-corrected chi connectivity index (χ4v) is 5.38. The van der Waals surface area contributed by atoms with Gasteiger partial charge in [0.25, 0.3) is 0 Å². The van der Waals surface area contributed by atoms with Gasteiger partial charge in [-0.1, -0.05) is 23.7 Å². The normalized spacial score (nSPS) is 20.1. The predicted octanol–water partition coefficient (Wildman–Crippen LogP) is 3.07. The van der Waals surface area contributed by atoms with E-state index in [4.69, 9.17) is 16.3 Å². The molecule has 0 saturated carbocycles. The second-order valence-corrected chi connectivity index (χ2v) is 9.21. The first-order valence-electron chi connectivity index (χ1n) is 11.3. The highest BCUT2D eigenvalue weighted by molar-refractivity contribution is 6.31. The average molecular weight is 496 g/mol. The minimum Gasteiger partial charge on any atom is -0.468 e. The number of nitrogens with zero attached hydrogens (tertiary/aromatic N) is 4. The summed E-state index contributed by atoms with van der Waals surface area (Å²) in [6.07, 6.45) is 3.33. The molecule has 35 heavy (non-hydrogen) atoms. The molecule has 2 heterocycles. The molecule has 1 aromatic heterocycles. The minimum absolute atomic E-state index is 0.203. The number of carbonyl (C=O) groups excluding carboxylic acids is 3. The molecule has 0 spiro atoms. The molecule has 10 heteroatoms. The van der Waals surface area contributed by atoms with Crippen molar-refractivity contribution in [3.63, 3.8) is 0 Å². The van der Waals surface area contributed by atoms with Crippen molar-refractivity contribution < 1.29 is 23.7 Å². The van der Waals surface area contributed by atoms with Gasteiger partial charge in [0, 0.05) is 30.7 Å². The highest BCUT2D eigenvalue weighted by Crippen LogP contribution is 2.39. The quantitative estimate of drug-likeness (QED) is 0.316. The molecular formula is C25H24ClN4O5+. The van der Waals surface area contributed by atoms with E-state index in [-0.39, 0.29) is 5.69 Å². The predicted molar refractivity (Wildman–Crippen MR) is 129 cm³/mol. The van der Waals surface area contributed by atoms with Crippen LogP contribution in [0.4, 0.5) is 10.5 Å². The molecule has 5 rings (SSSR count). The average Bonchev–Trinajstić information content (AvgIpc) is 3.07. The zero-order chi connectivity index (χ0) is 25.0. The fraction of sp³-hybridized carbons (Fsp3) is 0.320. The third-order valence-corrected chi connectivity index (χ3v) is 7.29. The van der Waals surface area contributed by atoms with E-state index in [1.54, 1.807) is 44.4 Å². The summed E-state index contributed by atoms with van der Waals surface area (Å²) < 4.78 is 9.17. The van der Waals surface area contributed by atoms with Crippen molar-refractivity contribution in [3.05, 3.63) is 63.0 Å². The van der Waals surface area contributed by atoms with Gasteiger partial charge < -0.3 is 4.74 Å². The van der Waals surface area contributed by atoms with E-state index in [0.717, 1.165) is 28.9 Å². The van der Waals surface area contributed by atoms with Crippen molar-refractivity contribution in [2.24, 2.45) is 20.0 Å². The smallest absolute Gasteiger partial charge is 0.468 e. The molecule has 0 bridgehead atoms. The van der Waals surface area contributed by atoms with Crippen LogP contribution in [0.1, 0.15) is 30.0 Å². The lowest BCUT2D eigenvalue weighted by Gasteiger charge is -2.32. The number of amides is 3. The van der Waals surface area contributed by atoms with Crippen LogP contribution in [0.15, 0.2) is 41.2 Å². The standard InChI is InChI=1S/C25H24ClN4O5/c1-27-20-11-10-14(12-21(20)28(2)24(27)33)29-13-17(23(32)35-3)22(31)30(25(29)34)19-9-5-6-15-16(19)7-4-8-18(15)26/h4,7-8,10-13,17,19H,5-6,9H2,1-3H3/q+1/t17?,19-/m0/s1. The molecule has 1 aliphatic heterocycles. The first kappa shape index (κ1) is 23.0. The summed E-state index contributed by atoms with van der Waals surface area (Å²) in [7, 11) is 4.52. The van der Waals surface area contributed by atoms with Crippen LogP contribution in [0.3, 0.4) is 0 Å². The van der Waals surface area contributed by atoms with Crippen LogP contribution in [-0.4, -0.2) is 49.8 Å². The molecule has 0 saturated heterocycles. The summed E-state index contributed by atoms with van der Waals surface area (Å²) in [5, 5.41) is 0.590. The summed E-state index contributed by atoms with van der Waals surface area (Å²) in [6, 6.07) is 9.43. The zero-order valence-corrected chi connectivity index (χ0v) is 20.3. The largest absolute Gasteiger partial charge is 0.506 e. The van der Waals surface area contributed by atoms with Gasteiger partial charge in [-0.2, -0.15) is 14.3 Å². The Bertz CT molecular complexity index is 1500. The van der Waals surface area contributed by atoms with Gasteiger partial charge in [-0.05, 0) is 43.0 Å². The Morgan fingerprint density at radius 2 is 1.83 bits per heavy atom. The molecular weight excluding hydrogens is 472 g/mol. The monoisotopic (exact) mass is 495 g/mol. The molecule has 0 N–H and O–H groups in total. The van der Waals surface area contributed by atoms with Gasteiger partial charge in [-0.3, -0.25) is 13.9 Å². The Balaban J connectivity index is 1.66. The number of benzene rings is 2. The summed E-state index contributed by atoms with van der Waals surface area (Å²) in [6.45, 7) is 0. The third kappa shape index (κ3) is 3.49. The van der Waals surface area contributed by atoms with E-state index in [1.807, 2.05) is 6.07 Å². The number of aryl methyl sites for hydroxylation is 2. The third-order valence-electron chi connectivity index (χ3n) is 6.93. The number of hydrogen-bond acceptors (Lipinski definition) is 5. The Hall–Kier alpha value is -3.72. The van der Waals surface area contributed by atoms with Crippen molar-refractivity contribution >= 4 is 52.4 Å². The lowest BCUT2D eigenvalue weighted by molar-refractivity contribution is -0.346. The number of carbonyl (C=O) groups is 3. The molecule has 0 fully saturated rings. The van der Waals surface area contributed by atoms with Crippen LogP contribution in [0, 0.1) is 5.92 Å². The van der Waals surface area contributed by atoms with E-state index in [2.05, 4.69) is 0 Å². The zero-order valence-electron chi connectivity index (χ0n) is 19.5. The second kappa shape index (κ2) is 8.49. The summed E-state index contributed by atoms with van der Waals surface area (Å²) >= 11 is 6.42. The van der Waals surface area contributed by atoms with Crippen molar-refractivity contribution in [1.82, 2.24) is 14.0 Å². The topological polar surface area (TPSA) is 93.6 Å². The van der Waals surface area contributed by atoms with Gasteiger partial charge in [-0.15, -0.1) is 0 Å². The molecule has 1 unspecified atom stereocenters. The number of rotatable bonds is 3. The van der Waals surface area contributed by atoms with Gasteiger partial charge in [0.15, 0.2) is 0 Å². The molecule has 0 radical (unpaired) electrons. The molecule has 9 nitrogen and oxygen atoms in total. The minimum atomic E-state index is -1.29. The van der Waals surface area contributed by atoms with E-state index >= 15 is 0 Å². The van der Waals surface area contributed by atoms with E-state index in [1.165, 1.54) is 27.0 Å². The van der Waals surface area contributed by atoms with Crippen LogP contribution in [0.2, 0.25) is 5.02 Å². The van der Waals surface area contributed by atoms with Gasteiger partial charge in [0.05, 0.1) is 18.1 Å². The van der Waals surface area contributed by atoms with Gasteiger partial charge in [-0.25, -0.2) is 9.59 Å².